The molecule has 1 aromatic rings. The SMILES string of the molecule is O=C(O)c1ccc2c(c1)N(C(=O)CC1CCCCO1)CC2. The second-order valence-corrected chi connectivity index (χ2v) is 5.64. The van der Waals surface area contributed by atoms with Gasteiger partial charge in [0, 0.05) is 18.8 Å². The highest BCUT2D eigenvalue weighted by Crippen LogP contribution is 2.30. The summed E-state index contributed by atoms with van der Waals surface area (Å²) in [6.07, 6.45) is 4.29. The average Bonchev–Trinajstić information content (AvgIpc) is 2.91. The Hall–Kier alpha value is -1.88. The van der Waals surface area contributed by atoms with Crippen LogP contribution in [0.3, 0.4) is 0 Å². The zero-order valence-corrected chi connectivity index (χ0v) is 11.9. The van der Waals surface area contributed by atoms with Crippen LogP contribution in [0.2, 0.25) is 0 Å². The Kier molecular flexibility index (Phi) is 3.92. The van der Waals surface area contributed by atoms with Gasteiger partial charge in [0.2, 0.25) is 5.91 Å². The van der Waals surface area contributed by atoms with Gasteiger partial charge < -0.3 is 14.7 Å². The van der Waals surface area contributed by atoms with Gasteiger partial charge in [-0.25, -0.2) is 4.79 Å². The minimum Gasteiger partial charge on any atom is -0.478 e. The minimum atomic E-state index is -0.965. The number of anilines is 1. The lowest BCUT2D eigenvalue weighted by Gasteiger charge is -2.25. The molecule has 2 heterocycles. The van der Waals surface area contributed by atoms with E-state index in [0.717, 1.165) is 43.5 Å². The topological polar surface area (TPSA) is 66.8 Å². The molecule has 1 unspecified atom stereocenters. The van der Waals surface area contributed by atoms with Crippen LogP contribution in [0, 0.1) is 0 Å². The van der Waals surface area contributed by atoms with Crippen LogP contribution >= 0.6 is 0 Å². The fourth-order valence-electron chi connectivity index (χ4n) is 3.04. The van der Waals surface area contributed by atoms with Crippen LogP contribution < -0.4 is 4.90 Å². The lowest BCUT2D eigenvalue weighted by molar-refractivity contribution is -0.122. The van der Waals surface area contributed by atoms with E-state index < -0.39 is 5.97 Å². The van der Waals surface area contributed by atoms with E-state index in [9.17, 15) is 9.59 Å². The Labute approximate surface area is 123 Å². The molecule has 21 heavy (non-hydrogen) atoms. The number of rotatable bonds is 3. The number of benzene rings is 1. The van der Waals surface area contributed by atoms with Gasteiger partial charge in [0.25, 0.3) is 0 Å². The van der Waals surface area contributed by atoms with Crippen molar-refractivity contribution in [2.45, 2.75) is 38.2 Å². The first kappa shape index (κ1) is 14.1. The van der Waals surface area contributed by atoms with Crippen LogP contribution in [-0.2, 0) is 16.0 Å². The summed E-state index contributed by atoms with van der Waals surface area (Å²) >= 11 is 0. The Bertz CT molecular complexity index is 563. The number of carbonyl (C=O) groups excluding carboxylic acids is 1. The third-order valence-corrected chi connectivity index (χ3v) is 4.21. The molecule has 0 spiro atoms. The molecule has 1 amide bonds. The Balaban J connectivity index is 1.74. The third-order valence-electron chi connectivity index (χ3n) is 4.21. The molecule has 1 fully saturated rings. The van der Waals surface area contributed by atoms with Crippen molar-refractivity contribution in [3.63, 3.8) is 0 Å². The molecule has 0 bridgehead atoms. The number of carbonyl (C=O) groups is 2. The number of amides is 1. The zero-order chi connectivity index (χ0) is 14.8. The number of carboxylic acids is 1. The van der Waals surface area contributed by atoms with Crippen molar-refractivity contribution in [3.05, 3.63) is 29.3 Å². The number of carboxylic acid groups (broad SMARTS) is 1. The zero-order valence-electron chi connectivity index (χ0n) is 11.9. The molecule has 2 aliphatic rings. The molecule has 0 radical (unpaired) electrons. The van der Waals surface area contributed by atoms with Crippen molar-refractivity contribution in [2.24, 2.45) is 0 Å². The third kappa shape index (κ3) is 2.93. The molecule has 1 N–H and O–H groups in total. The van der Waals surface area contributed by atoms with Gasteiger partial charge >= 0.3 is 5.97 Å². The standard InChI is InChI=1S/C16H19NO4/c18-15(10-13-3-1-2-8-21-13)17-7-6-11-4-5-12(16(19)20)9-14(11)17/h4-5,9,13H,1-3,6-8,10H2,(H,19,20). The lowest BCUT2D eigenvalue weighted by atomic mass is 10.1. The highest BCUT2D eigenvalue weighted by Gasteiger charge is 2.28. The number of ether oxygens (including phenoxy) is 1. The van der Waals surface area contributed by atoms with Gasteiger partial charge in [0.05, 0.1) is 18.1 Å². The molecule has 5 nitrogen and oxygen atoms in total. The summed E-state index contributed by atoms with van der Waals surface area (Å²) in [6.45, 7) is 1.36. The molecule has 1 saturated heterocycles. The molecule has 112 valence electrons. The van der Waals surface area contributed by atoms with Crippen molar-refractivity contribution in [2.75, 3.05) is 18.1 Å². The highest BCUT2D eigenvalue weighted by atomic mass is 16.5. The Morgan fingerprint density at radius 2 is 2.19 bits per heavy atom. The van der Waals surface area contributed by atoms with E-state index in [0.29, 0.717) is 13.0 Å². The largest absolute Gasteiger partial charge is 0.478 e. The van der Waals surface area contributed by atoms with Gasteiger partial charge in [-0.3, -0.25) is 4.79 Å². The molecule has 5 heteroatoms. The van der Waals surface area contributed by atoms with Gasteiger partial charge in [0.1, 0.15) is 0 Å². The van der Waals surface area contributed by atoms with E-state index in [2.05, 4.69) is 0 Å². The van der Waals surface area contributed by atoms with Gasteiger partial charge in [-0.05, 0) is 43.4 Å². The summed E-state index contributed by atoms with van der Waals surface area (Å²) in [7, 11) is 0. The first-order chi connectivity index (χ1) is 10.1. The van der Waals surface area contributed by atoms with E-state index in [1.165, 1.54) is 0 Å². The monoisotopic (exact) mass is 289 g/mol. The van der Waals surface area contributed by atoms with Crippen LogP contribution in [0.5, 0.6) is 0 Å². The molecule has 1 atom stereocenters. The molecule has 1 aromatic carbocycles. The second kappa shape index (κ2) is 5.85. The number of aromatic carboxylic acids is 1. The maximum Gasteiger partial charge on any atom is 0.335 e. The molecule has 0 aliphatic carbocycles. The Morgan fingerprint density at radius 1 is 1.33 bits per heavy atom. The van der Waals surface area contributed by atoms with Crippen LogP contribution in [0.1, 0.15) is 41.6 Å². The van der Waals surface area contributed by atoms with Crippen molar-refractivity contribution in [1.82, 2.24) is 0 Å². The maximum absolute atomic E-state index is 12.5. The minimum absolute atomic E-state index is 0.0120. The predicted molar refractivity (Wildman–Crippen MR) is 77.7 cm³/mol. The van der Waals surface area contributed by atoms with Gasteiger partial charge in [-0.2, -0.15) is 0 Å². The second-order valence-electron chi connectivity index (χ2n) is 5.64. The fourth-order valence-corrected chi connectivity index (χ4v) is 3.04. The van der Waals surface area contributed by atoms with Crippen molar-refractivity contribution >= 4 is 17.6 Å². The van der Waals surface area contributed by atoms with Crippen LogP contribution in [0.4, 0.5) is 5.69 Å². The summed E-state index contributed by atoms with van der Waals surface area (Å²) in [5.41, 5.74) is 2.01. The lowest BCUT2D eigenvalue weighted by Crippen LogP contribution is -2.33. The molecule has 0 aromatic heterocycles. The first-order valence-corrected chi connectivity index (χ1v) is 7.43. The summed E-state index contributed by atoms with van der Waals surface area (Å²) < 4.78 is 5.62. The van der Waals surface area contributed by atoms with E-state index in [1.807, 2.05) is 6.07 Å². The highest BCUT2D eigenvalue weighted by molar-refractivity contribution is 5.98. The van der Waals surface area contributed by atoms with Crippen molar-refractivity contribution in [1.29, 1.82) is 0 Å². The number of nitrogens with zero attached hydrogens (tertiary/aromatic N) is 1. The Morgan fingerprint density at radius 3 is 2.90 bits per heavy atom. The van der Waals surface area contributed by atoms with Crippen LogP contribution in [-0.4, -0.2) is 36.2 Å². The normalized spacial score (nSPS) is 21.1. The van der Waals surface area contributed by atoms with E-state index in [-0.39, 0.29) is 17.6 Å². The predicted octanol–water partition coefficient (Wildman–Crippen LogP) is 2.23. The maximum atomic E-state index is 12.5. The fraction of sp³-hybridized carbons (Fsp3) is 0.500. The van der Waals surface area contributed by atoms with E-state index >= 15 is 0 Å². The summed E-state index contributed by atoms with van der Waals surface area (Å²) in [4.78, 5) is 25.2. The first-order valence-electron chi connectivity index (χ1n) is 7.43. The van der Waals surface area contributed by atoms with Crippen molar-refractivity contribution < 1.29 is 19.4 Å². The quantitative estimate of drug-likeness (QED) is 0.926. The summed E-state index contributed by atoms with van der Waals surface area (Å²) in [6, 6.07) is 5.01. The number of hydrogen-bond donors (Lipinski definition) is 1. The number of fused-ring (bicyclic) bond motifs is 1. The van der Waals surface area contributed by atoms with Crippen molar-refractivity contribution in [3.8, 4) is 0 Å². The molecule has 3 rings (SSSR count). The van der Waals surface area contributed by atoms with E-state index in [4.69, 9.17) is 9.84 Å². The van der Waals surface area contributed by atoms with Gasteiger partial charge in [-0.15, -0.1) is 0 Å². The van der Waals surface area contributed by atoms with Gasteiger partial charge in [-0.1, -0.05) is 6.07 Å². The molecular weight excluding hydrogens is 270 g/mol. The molecule has 0 saturated carbocycles. The molecular formula is C16H19NO4. The smallest absolute Gasteiger partial charge is 0.335 e. The average molecular weight is 289 g/mol. The van der Waals surface area contributed by atoms with Gasteiger partial charge in [0.15, 0.2) is 0 Å². The summed E-state index contributed by atoms with van der Waals surface area (Å²) in [5.74, 6) is -0.934. The summed E-state index contributed by atoms with van der Waals surface area (Å²) in [5, 5.41) is 9.08. The van der Waals surface area contributed by atoms with Crippen LogP contribution in [0.25, 0.3) is 0 Å². The number of hydrogen-bond acceptors (Lipinski definition) is 3. The van der Waals surface area contributed by atoms with E-state index in [1.54, 1.807) is 17.0 Å². The molecule has 2 aliphatic heterocycles. The van der Waals surface area contributed by atoms with Crippen LogP contribution in [0.15, 0.2) is 18.2 Å².